The summed E-state index contributed by atoms with van der Waals surface area (Å²) >= 11 is 2.97. The average molecular weight is 349 g/mol. The summed E-state index contributed by atoms with van der Waals surface area (Å²) in [5.41, 5.74) is -0.806. The van der Waals surface area contributed by atoms with Gasteiger partial charge in [-0.05, 0) is 31.4 Å². The van der Waals surface area contributed by atoms with Crippen molar-refractivity contribution in [3.05, 3.63) is 28.2 Å². The van der Waals surface area contributed by atoms with E-state index in [1.165, 1.54) is 0 Å². The Balaban J connectivity index is 1.95. The van der Waals surface area contributed by atoms with E-state index >= 15 is 0 Å². The highest BCUT2D eigenvalue weighted by Crippen LogP contribution is 2.34. The molecule has 0 unspecified atom stereocenters. The van der Waals surface area contributed by atoms with Crippen LogP contribution in [0.1, 0.15) is 19.3 Å². The van der Waals surface area contributed by atoms with Gasteiger partial charge in [0.05, 0.1) is 5.60 Å². The van der Waals surface area contributed by atoms with Crippen molar-refractivity contribution in [2.75, 3.05) is 19.0 Å². The van der Waals surface area contributed by atoms with Crippen molar-refractivity contribution in [2.24, 2.45) is 0 Å². The van der Waals surface area contributed by atoms with Gasteiger partial charge in [0, 0.05) is 18.1 Å². The lowest BCUT2D eigenvalue weighted by molar-refractivity contribution is -0.0671. The van der Waals surface area contributed by atoms with Crippen LogP contribution < -0.4 is 10.6 Å². The molecule has 0 aromatic heterocycles. The molecule has 1 saturated carbocycles. The van der Waals surface area contributed by atoms with Gasteiger partial charge in [0.2, 0.25) is 0 Å². The first-order valence-corrected chi connectivity index (χ1v) is 7.00. The van der Waals surface area contributed by atoms with Gasteiger partial charge in [-0.1, -0.05) is 15.9 Å². The number of urea groups is 1. The van der Waals surface area contributed by atoms with Crippen LogP contribution >= 0.6 is 15.9 Å². The van der Waals surface area contributed by atoms with Crippen LogP contribution in [-0.4, -0.2) is 25.3 Å². The molecular weight excluding hydrogens is 334 g/mol. The van der Waals surface area contributed by atoms with Gasteiger partial charge in [-0.3, -0.25) is 0 Å². The Morgan fingerprint density at radius 1 is 1.40 bits per heavy atom. The maximum absolute atomic E-state index is 13.6. The van der Waals surface area contributed by atoms with E-state index in [9.17, 15) is 13.6 Å². The van der Waals surface area contributed by atoms with E-state index in [1.54, 1.807) is 7.11 Å². The number of nitrogens with one attached hydrogen (secondary N) is 2. The van der Waals surface area contributed by atoms with Gasteiger partial charge in [-0.15, -0.1) is 0 Å². The molecule has 2 amide bonds. The smallest absolute Gasteiger partial charge is 0.319 e. The van der Waals surface area contributed by atoms with Gasteiger partial charge < -0.3 is 15.4 Å². The molecule has 110 valence electrons. The fraction of sp³-hybridized carbons (Fsp3) is 0.462. The largest absolute Gasteiger partial charge is 0.376 e. The Hall–Kier alpha value is -1.21. The Bertz CT molecular complexity index is 493. The van der Waals surface area contributed by atoms with E-state index in [0.717, 1.165) is 31.4 Å². The van der Waals surface area contributed by atoms with E-state index < -0.39 is 23.4 Å². The molecule has 1 aliphatic carbocycles. The summed E-state index contributed by atoms with van der Waals surface area (Å²) < 4.78 is 32.7. The predicted octanol–water partition coefficient (Wildman–Crippen LogP) is 3.42. The predicted molar refractivity (Wildman–Crippen MR) is 74.7 cm³/mol. The third-order valence-electron chi connectivity index (χ3n) is 3.51. The summed E-state index contributed by atoms with van der Waals surface area (Å²) in [6.07, 6.45) is 2.78. The van der Waals surface area contributed by atoms with Crippen LogP contribution in [0, 0.1) is 11.6 Å². The number of anilines is 1. The van der Waals surface area contributed by atoms with Gasteiger partial charge in [0.1, 0.15) is 5.69 Å². The highest BCUT2D eigenvalue weighted by molar-refractivity contribution is 9.10. The summed E-state index contributed by atoms with van der Waals surface area (Å²) in [5, 5.41) is 4.75. The lowest BCUT2D eigenvalue weighted by Crippen LogP contribution is -2.50. The van der Waals surface area contributed by atoms with Crippen molar-refractivity contribution in [2.45, 2.75) is 24.9 Å². The second kappa shape index (κ2) is 6.05. The Morgan fingerprint density at radius 2 is 2.00 bits per heavy atom. The lowest BCUT2D eigenvalue weighted by atomic mass is 9.80. The summed E-state index contributed by atoms with van der Waals surface area (Å²) in [7, 11) is 1.59. The molecule has 1 aromatic carbocycles. The van der Waals surface area contributed by atoms with Crippen LogP contribution in [-0.2, 0) is 4.74 Å². The Kier molecular flexibility index (Phi) is 4.59. The number of rotatable bonds is 4. The molecule has 1 aliphatic rings. The minimum atomic E-state index is -0.836. The maximum atomic E-state index is 13.6. The monoisotopic (exact) mass is 348 g/mol. The quantitative estimate of drug-likeness (QED) is 0.875. The standard InChI is InChI=1S/C13H15BrF2N2O2/c1-20-13(3-2-4-13)7-17-12(19)18-11-9(15)5-8(14)6-10(11)16/h5-6H,2-4,7H2,1H3,(H2,17,18,19). The van der Waals surface area contributed by atoms with Crippen molar-refractivity contribution in [3.8, 4) is 0 Å². The van der Waals surface area contributed by atoms with Gasteiger partial charge in [-0.2, -0.15) is 0 Å². The SMILES string of the molecule is COC1(CNC(=O)Nc2c(F)cc(Br)cc2F)CCC1. The zero-order chi connectivity index (χ0) is 14.8. The van der Waals surface area contributed by atoms with Crippen molar-refractivity contribution < 1.29 is 18.3 Å². The zero-order valence-corrected chi connectivity index (χ0v) is 12.5. The zero-order valence-electron chi connectivity index (χ0n) is 10.9. The molecular formula is C13H15BrF2N2O2. The molecule has 0 bridgehead atoms. The third-order valence-corrected chi connectivity index (χ3v) is 3.97. The minimum absolute atomic E-state index is 0.270. The highest BCUT2D eigenvalue weighted by Gasteiger charge is 2.37. The number of carbonyl (C=O) groups excluding carboxylic acids is 1. The summed E-state index contributed by atoms with van der Waals surface area (Å²) in [5.74, 6) is -1.67. The van der Waals surface area contributed by atoms with E-state index in [-0.39, 0.29) is 10.1 Å². The van der Waals surface area contributed by atoms with Crippen LogP contribution in [0.5, 0.6) is 0 Å². The Labute approximate surface area is 124 Å². The molecule has 0 aliphatic heterocycles. The van der Waals surface area contributed by atoms with E-state index in [4.69, 9.17) is 4.74 Å². The van der Waals surface area contributed by atoms with Crippen LogP contribution in [0.2, 0.25) is 0 Å². The minimum Gasteiger partial charge on any atom is -0.376 e. The fourth-order valence-corrected chi connectivity index (χ4v) is 2.49. The number of carbonyl (C=O) groups is 1. The van der Waals surface area contributed by atoms with Crippen molar-refractivity contribution in [1.29, 1.82) is 0 Å². The van der Waals surface area contributed by atoms with Gasteiger partial charge in [0.25, 0.3) is 0 Å². The Morgan fingerprint density at radius 3 is 2.45 bits per heavy atom. The van der Waals surface area contributed by atoms with Gasteiger partial charge in [-0.25, -0.2) is 13.6 Å². The first-order chi connectivity index (χ1) is 9.46. The molecule has 1 aromatic rings. The molecule has 0 radical (unpaired) electrons. The van der Waals surface area contributed by atoms with E-state index in [0.29, 0.717) is 6.54 Å². The number of benzene rings is 1. The summed E-state index contributed by atoms with van der Waals surface area (Å²) in [4.78, 5) is 11.7. The molecule has 4 nitrogen and oxygen atoms in total. The van der Waals surface area contributed by atoms with E-state index in [1.807, 2.05) is 0 Å². The molecule has 0 spiro atoms. The van der Waals surface area contributed by atoms with Crippen molar-refractivity contribution in [1.82, 2.24) is 5.32 Å². The molecule has 0 heterocycles. The average Bonchev–Trinajstić information content (AvgIpc) is 2.33. The second-order valence-electron chi connectivity index (χ2n) is 4.79. The molecule has 7 heteroatoms. The highest BCUT2D eigenvalue weighted by atomic mass is 79.9. The van der Waals surface area contributed by atoms with Crippen LogP contribution in [0.3, 0.4) is 0 Å². The molecule has 1 fully saturated rings. The lowest BCUT2D eigenvalue weighted by Gasteiger charge is -2.40. The number of ether oxygens (including phenoxy) is 1. The normalized spacial score (nSPS) is 16.4. The van der Waals surface area contributed by atoms with E-state index in [2.05, 4.69) is 26.6 Å². The molecule has 0 atom stereocenters. The number of methoxy groups -OCH3 is 1. The summed E-state index contributed by atoms with van der Waals surface area (Å²) in [6.45, 7) is 0.315. The van der Waals surface area contributed by atoms with Crippen LogP contribution in [0.15, 0.2) is 16.6 Å². The van der Waals surface area contributed by atoms with Gasteiger partial charge >= 0.3 is 6.03 Å². The number of hydrogen-bond acceptors (Lipinski definition) is 2. The summed E-state index contributed by atoms with van der Waals surface area (Å²) in [6, 6.07) is 1.51. The first-order valence-electron chi connectivity index (χ1n) is 6.20. The maximum Gasteiger partial charge on any atom is 0.319 e. The molecule has 20 heavy (non-hydrogen) atoms. The first kappa shape index (κ1) is 15.2. The number of hydrogen-bond donors (Lipinski definition) is 2. The van der Waals surface area contributed by atoms with Crippen molar-refractivity contribution >= 4 is 27.6 Å². The topological polar surface area (TPSA) is 50.4 Å². The molecule has 2 N–H and O–H groups in total. The number of halogens is 3. The molecule has 0 saturated heterocycles. The van der Waals surface area contributed by atoms with Crippen LogP contribution in [0.4, 0.5) is 19.3 Å². The third kappa shape index (κ3) is 3.27. The van der Waals surface area contributed by atoms with Crippen LogP contribution in [0.25, 0.3) is 0 Å². The second-order valence-corrected chi connectivity index (χ2v) is 5.71. The van der Waals surface area contributed by atoms with Crippen molar-refractivity contribution in [3.63, 3.8) is 0 Å². The fourth-order valence-electron chi connectivity index (χ4n) is 2.08. The van der Waals surface area contributed by atoms with Gasteiger partial charge in [0.15, 0.2) is 11.6 Å². The number of amides is 2. The molecule has 2 rings (SSSR count).